The zero-order chi connectivity index (χ0) is 21.7. The van der Waals surface area contributed by atoms with Crippen LogP contribution < -0.4 is 19.5 Å². The van der Waals surface area contributed by atoms with Gasteiger partial charge in [-0.05, 0) is 36.2 Å². The monoisotopic (exact) mass is 428 g/mol. The fourth-order valence-corrected chi connectivity index (χ4v) is 4.30. The number of carbonyl (C=O) groups is 1. The number of hydrogen-bond acceptors (Lipinski definition) is 5. The largest absolute Gasteiger partial charge is 0.490 e. The third-order valence-corrected chi connectivity index (χ3v) is 6.00. The van der Waals surface area contributed by atoms with Crippen LogP contribution in [0.4, 0.5) is 5.69 Å². The lowest BCUT2D eigenvalue weighted by Crippen LogP contribution is -2.47. The van der Waals surface area contributed by atoms with Gasteiger partial charge in [-0.3, -0.25) is 4.79 Å². The number of amides is 1. The van der Waals surface area contributed by atoms with Crippen LogP contribution in [-0.4, -0.2) is 33.6 Å². The zero-order valence-corrected chi connectivity index (χ0v) is 17.7. The molecule has 0 saturated heterocycles. The van der Waals surface area contributed by atoms with Gasteiger partial charge in [-0.2, -0.15) is 4.72 Å². The van der Waals surface area contributed by atoms with Crippen molar-refractivity contribution in [3.8, 4) is 23.8 Å². The van der Waals surface area contributed by atoms with Crippen molar-refractivity contribution in [3.63, 3.8) is 0 Å². The summed E-state index contributed by atoms with van der Waals surface area (Å²) in [4.78, 5) is 12.8. The number of benzene rings is 2. The third kappa shape index (κ3) is 5.12. The highest BCUT2D eigenvalue weighted by Gasteiger charge is 2.29. The van der Waals surface area contributed by atoms with Crippen LogP contribution in [0.5, 0.6) is 11.5 Å². The number of nitrogens with one attached hydrogen (secondary N) is 2. The Kier molecular flexibility index (Phi) is 6.65. The molecule has 0 saturated carbocycles. The molecule has 1 aliphatic rings. The molecule has 7 nitrogen and oxygen atoms in total. The van der Waals surface area contributed by atoms with Crippen LogP contribution in [0, 0.1) is 18.3 Å². The van der Waals surface area contributed by atoms with E-state index in [2.05, 4.69) is 16.0 Å². The Labute approximate surface area is 176 Å². The Morgan fingerprint density at radius 3 is 2.53 bits per heavy atom. The molecule has 2 N–H and O–H groups in total. The van der Waals surface area contributed by atoms with Gasteiger partial charge in [-0.25, -0.2) is 8.42 Å². The number of rotatable bonds is 6. The first-order chi connectivity index (χ1) is 14.3. The van der Waals surface area contributed by atoms with E-state index < -0.39 is 22.0 Å². The van der Waals surface area contributed by atoms with Crippen molar-refractivity contribution < 1.29 is 22.7 Å². The van der Waals surface area contributed by atoms with E-state index in [-0.39, 0.29) is 10.8 Å². The summed E-state index contributed by atoms with van der Waals surface area (Å²) >= 11 is 0. The molecule has 0 radical (unpaired) electrons. The highest BCUT2D eigenvalue weighted by atomic mass is 32.2. The Balaban J connectivity index is 1.80. The van der Waals surface area contributed by atoms with E-state index in [9.17, 15) is 13.2 Å². The number of sulfonamides is 1. The predicted octanol–water partition coefficient (Wildman–Crippen LogP) is 2.77. The summed E-state index contributed by atoms with van der Waals surface area (Å²) in [5.41, 5.74) is 1.11. The van der Waals surface area contributed by atoms with Gasteiger partial charge in [0, 0.05) is 23.7 Å². The van der Waals surface area contributed by atoms with Crippen LogP contribution in [0.2, 0.25) is 0 Å². The molecule has 0 bridgehead atoms. The number of hydrogen-bond donors (Lipinski definition) is 2. The van der Waals surface area contributed by atoms with Gasteiger partial charge in [-0.15, -0.1) is 6.42 Å². The Hall–Kier alpha value is -3.02. The van der Waals surface area contributed by atoms with Crippen LogP contribution in [0.1, 0.15) is 25.8 Å². The number of terminal acetylenes is 1. The van der Waals surface area contributed by atoms with Crippen LogP contribution in [0.15, 0.2) is 47.4 Å². The van der Waals surface area contributed by atoms with Crippen LogP contribution in [0.3, 0.4) is 0 Å². The van der Waals surface area contributed by atoms with Crippen molar-refractivity contribution in [2.45, 2.75) is 31.2 Å². The first-order valence-corrected chi connectivity index (χ1v) is 11.1. The van der Waals surface area contributed by atoms with E-state index in [1.165, 1.54) is 12.1 Å². The van der Waals surface area contributed by atoms with Gasteiger partial charge < -0.3 is 14.8 Å². The van der Waals surface area contributed by atoms with Gasteiger partial charge >= 0.3 is 0 Å². The molecule has 30 heavy (non-hydrogen) atoms. The second kappa shape index (κ2) is 9.20. The van der Waals surface area contributed by atoms with Crippen molar-refractivity contribution in [3.05, 3.63) is 48.0 Å². The molecule has 0 aliphatic carbocycles. The molecule has 8 heteroatoms. The molecular weight excluding hydrogens is 404 g/mol. The summed E-state index contributed by atoms with van der Waals surface area (Å²) in [7, 11) is -3.98. The molecular formula is C22H24N2O5S. The van der Waals surface area contributed by atoms with Gasteiger partial charge in [0.25, 0.3) is 0 Å². The summed E-state index contributed by atoms with van der Waals surface area (Å²) < 4.78 is 39.5. The van der Waals surface area contributed by atoms with Gasteiger partial charge in [0.15, 0.2) is 11.5 Å². The summed E-state index contributed by atoms with van der Waals surface area (Å²) in [6, 6.07) is 10.2. The maximum Gasteiger partial charge on any atom is 0.242 e. The minimum Gasteiger partial charge on any atom is -0.490 e. The molecule has 0 aromatic heterocycles. The average Bonchev–Trinajstić information content (AvgIpc) is 2.96. The molecule has 2 aromatic rings. The zero-order valence-electron chi connectivity index (χ0n) is 16.8. The lowest BCUT2D eigenvalue weighted by atomic mass is 10.0. The van der Waals surface area contributed by atoms with Crippen molar-refractivity contribution in [1.29, 1.82) is 0 Å². The normalized spacial score (nSPS) is 14.5. The van der Waals surface area contributed by atoms with E-state index in [4.69, 9.17) is 15.9 Å². The topological polar surface area (TPSA) is 93.7 Å². The van der Waals surface area contributed by atoms with E-state index in [0.29, 0.717) is 42.4 Å². The Morgan fingerprint density at radius 2 is 1.83 bits per heavy atom. The minimum absolute atomic E-state index is 0.000436. The summed E-state index contributed by atoms with van der Waals surface area (Å²) in [6.45, 7) is 4.47. The molecule has 0 fully saturated rings. The predicted molar refractivity (Wildman–Crippen MR) is 114 cm³/mol. The van der Waals surface area contributed by atoms with Crippen LogP contribution in [-0.2, 0) is 14.8 Å². The van der Waals surface area contributed by atoms with Crippen molar-refractivity contribution in [2.24, 2.45) is 5.92 Å². The number of fused-ring (bicyclic) bond motifs is 1. The van der Waals surface area contributed by atoms with E-state index >= 15 is 0 Å². The third-order valence-electron chi connectivity index (χ3n) is 4.56. The smallest absolute Gasteiger partial charge is 0.242 e. The summed E-state index contributed by atoms with van der Waals surface area (Å²) in [5.74, 6) is 2.59. The standard InChI is InChI=1S/C22H24N2O5S/c1-4-16-7-5-8-17(13-16)23-22(25)21(15(2)3)24-30(26,27)18-9-10-19-20(14-18)29-12-6-11-28-19/h1,5,7-10,13-15,21,24H,6,11-12H2,2-3H3,(H,23,25)/t21-/m0/s1. The fourth-order valence-electron chi connectivity index (χ4n) is 2.95. The molecule has 0 spiro atoms. The van der Waals surface area contributed by atoms with Gasteiger partial charge in [0.1, 0.15) is 6.04 Å². The molecule has 158 valence electrons. The molecule has 0 unspecified atom stereocenters. The quantitative estimate of drug-likeness (QED) is 0.690. The van der Waals surface area contributed by atoms with Crippen molar-refractivity contribution in [1.82, 2.24) is 4.72 Å². The van der Waals surface area contributed by atoms with Gasteiger partial charge in [0.2, 0.25) is 15.9 Å². The van der Waals surface area contributed by atoms with Gasteiger partial charge in [-0.1, -0.05) is 25.8 Å². The molecule has 1 atom stereocenters. The summed E-state index contributed by atoms with van der Waals surface area (Å²) in [5, 5.41) is 2.72. The van der Waals surface area contributed by atoms with Crippen LogP contribution in [0.25, 0.3) is 0 Å². The first-order valence-electron chi connectivity index (χ1n) is 9.59. The van der Waals surface area contributed by atoms with E-state index in [0.717, 1.165) is 0 Å². The molecule has 1 amide bonds. The maximum absolute atomic E-state index is 13.0. The highest BCUT2D eigenvalue weighted by Crippen LogP contribution is 2.32. The molecule has 1 aliphatic heterocycles. The number of ether oxygens (including phenoxy) is 2. The Bertz CT molecular complexity index is 1070. The molecule has 3 rings (SSSR count). The first kappa shape index (κ1) is 21.7. The summed E-state index contributed by atoms with van der Waals surface area (Å²) in [6.07, 6.45) is 6.10. The van der Waals surface area contributed by atoms with Crippen LogP contribution >= 0.6 is 0 Å². The minimum atomic E-state index is -3.98. The van der Waals surface area contributed by atoms with Gasteiger partial charge in [0.05, 0.1) is 18.1 Å². The average molecular weight is 429 g/mol. The van der Waals surface area contributed by atoms with Crippen molar-refractivity contribution >= 4 is 21.6 Å². The SMILES string of the molecule is C#Cc1cccc(NC(=O)[C@@H](NS(=O)(=O)c2ccc3c(c2)OCCCO3)C(C)C)c1. The second-order valence-electron chi connectivity index (χ2n) is 7.22. The Morgan fingerprint density at radius 1 is 1.10 bits per heavy atom. The van der Waals surface area contributed by atoms with Crippen molar-refractivity contribution in [2.75, 3.05) is 18.5 Å². The molecule has 1 heterocycles. The lowest BCUT2D eigenvalue weighted by Gasteiger charge is -2.22. The maximum atomic E-state index is 13.0. The second-order valence-corrected chi connectivity index (χ2v) is 8.93. The number of carbonyl (C=O) groups excluding carboxylic acids is 1. The van der Waals surface area contributed by atoms with E-state index in [1.807, 2.05) is 0 Å². The fraction of sp³-hybridized carbons (Fsp3) is 0.318. The highest BCUT2D eigenvalue weighted by molar-refractivity contribution is 7.89. The van der Waals surface area contributed by atoms with E-state index in [1.54, 1.807) is 44.2 Å². The lowest BCUT2D eigenvalue weighted by molar-refractivity contribution is -0.118. The number of anilines is 1. The molecule has 2 aromatic carbocycles.